The van der Waals surface area contributed by atoms with Gasteiger partial charge in [0.05, 0.1) is 24.9 Å². The minimum Gasteiger partial charge on any atom is -0.480 e. The molecule has 0 amide bonds. The monoisotopic (exact) mass is 402 g/mol. The predicted molar refractivity (Wildman–Crippen MR) is 99.5 cm³/mol. The third-order valence-corrected chi connectivity index (χ3v) is 4.68. The van der Waals surface area contributed by atoms with Gasteiger partial charge in [0.25, 0.3) is 0 Å². The molecule has 0 aliphatic rings. The fraction of sp³-hybridized carbons (Fsp3) is 0.263. The summed E-state index contributed by atoms with van der Waals surface area (Å²) in [5, 5.41) is 12.0. The van der Waals surface area contributed by atoms with Crippen LogP contribution in [0.5, 0.6) is 5.88 Å². The minimum atomic E-state index is -4.38. The molecule has 4 aromatic rings. The fourth-order valence-corrected chi connectivity index (χ4v) is 3.20. The fourth-order valence-electron chi connectivity index (χ4n) is 3.20. The molecule has 3 aromatic heterocycles. The third-order valence-electron chi connectivity index (χ3n) is 4.68. The van der Waals surface area contributed by atoms with E-state index in [9.17, 15) is 13.2 Å². The normalized spacial score (nSPS) is 13.0. The van der Waals surface area contributed by atoms with Crippen molar-refractivity contribution in [2.75, 3.05) is 7.11 Å². The molecule has 0 aliphatic heterocycles. The van der Waals surface area contributed by atoms with Crippen LogP contribution in [-0.2, 0) is 6.18 Å². The lowest BCUT2D eigenvalue weighted by atomic mass is 10.1. The second kappa shape index (κ2) is 6.87. The van der Waals surface area contributed by atoms with Crippen molar-refractivity contribution in [1.29, 1.82) is 0 Å². The molecule has 1 aromatic carbocycles. The first-order valence-corrected chi connectivity index (χ1v) is 8.76. The maximum absolute atomic E-state index is 12.9. The number of methoxy groups -OCH3 is 1. The quantitative estimate of drug-likeness (QED) is 0.554. The van der Waals surface area contributed by atoms with Crippen molar-refractivity contribution in [1.82, 2.24) is 29.9 Å². The lowest BCUT2D eigenvalue weighted by molar-refractivity contribution is -0.137. The number of alkyl halides is 3. The van der Waals surface area contributed by atoms with Crippen LogP contribution in [0.25, 0.3) is 22.3 Å². The van der Waals surface area contributed by atoms with E-state index in [1.54, 1.807) is 24.0 Å². The average Bonchev–Trinajstić information content (AvgIpc) is 3.34. The molecule has 7 nitrogen and oxygen atoms in total. The van der Waals surface area contributed by atoms with Crippen LogP contribution in [0, 0.1) is 6.92 Å². The van der Waals surface area contributed by atoms with E-state index in [1.165, 1.54) is 19.2 Å². The summed E-state index contributed by atoms with van der Waals surface area (Å²) in [4.78, 5) is 8.85. The van der Waals surface area contributed by atoms with Crippen molar-refractivity contribution in [3.63, 3.8) is 0 Å². The lowest BCUT2D eigenvalue weighted by Gasteiger charge is -2.15. The highest BCUT2D eigenvalue weighted by Crippen LogP contribution is 2.36. The second-order valence-corrected chi connectivity index (χ2v) is 6.55. The van der Waals surface area contributed by atoms with Gasteiger partial charge in [-0.15, -0.1) is 0 Å². The van der Waals surface area contributed by atoms with E-state index >= 15 is 0 Å². The summed E-state index contributed by atoms with van der Waals surface area (Å²) in [6, 6.07) is 4.65. The number of benzene rings is 1. The first-order chi connectivity index (χ1) is 13.8. The van der Waals surface area contributed by atoms with Gasteiger partial charge in [-0.05, 0) is 31.5 Å². The standard InChI is InChI=1S/C19H17F3N6O/c1-10(12-4-6-14(7-5-12)19(20,21)22)28-17-15(18(29-3)26-11(2)25-17)16(27-28)13-8-23-24-9-13/h4-10H,1-3H3,(H,23,24). The molecule has 0 aliphatic carbocycles. The summed E-state index contributed by atoms with van der Waals surface area (Å²) in [6.07, 6.45) is -1.07. The third kappa shape index (κ3) is 3.30. The summed E-state index contributed by atoms with van der Waals surface area (Å²) in [6.45, 7) is 3.58. The maximum Gasteiger partial charge on any atom is 0.416 e. The van der Waals surface area contributed by atoms with E-state index in [-0.39, 0.29) is 6.04 Å². The van der Waals surface area contributed by atoms with Crippen molar-refractivity contribution >= 4 is 11.0 Å². The van der Waals surface area contributed by atoms with Gasteiger partial charge in [0.1, 0.15) is 16.9 Å². The lowest BCUT2D eigenvalue weighted by Crippen LogP contribution is -2.11. The van der Waals surface area contributed by atoms with Crippen molar-refractivity contribution in [3.05, 3.63) is 53.6 Å². The second-order valence-electron chi connectivity index (χ2n) is 6.55. The van der Waals surface area contributed by atoms with Crippen molar-refractivity contribution in [2.24, 2.45) is 0 Å². The molecule has 4 rings (SSSR count). The molecule has 0 spiro atoms. The van der Waals surface area contributed by atoms with Crippen molar-refractivity contribution < 1.29 is 17.9 Å². The Kier molecular flexibility index (Phi) is 4.48. The highest BCUT2D eigenvalue weighted by atomic mass is 19.4. The molecule has 0 saturated heterocycles. The number of H-pyrrole nitrogens is 1. The smallest absolute Gasteiger partial charge is 0.416 e. The van der Waals surface area contributed by atoms with Gasteiger partial charge in [-0.3, -0.25) is 5.10 Å². The van der Waals surface area contributed by atoms with Crippen LogP contribution in [0.1, 0.15) is 29.9 Å². The summed E-state index contributed by atoms with van der Waals surface area (Å²) in [5.74, 6) is 0.864. The van der Waals surface area contributed by atoms with E-state index in [1.807, 2.05) is 6.92 Å². The number of hydrogen-bond donors (Lipinski definition) is 1. The molecule has 1 atom stereocenters. The molecule has 0 bridgehead atoms. The zero-order chi connectivity index (χ0) is 20.8. The Morgan fingerprint density at radius 2 is 1.86 bits per heavy atom. The van der Waals surface area contributed by atoms with Crippen LogP contribution >= 0.6 is 0 Å². The van der Waals surface area contributed by atoms with Crippen LogP contribution in [0.4, 0.5) is 13.2 Å². The molecule has 10 heteroatoms. The molecular formula is C19H17F3N6O. The molecule has 1 unspecified atom stereocenters. The number of nitrogens with zero attached hydrogens (tertiary/aromatic N) is 5. The zero-order valence-corrected chi connectivity index (χ0v) is 15.8. The van der Waals surface area contributed by atoms with Gasteiger partial charge in [-0.1, -0.05) is 12.1 Å². The van der Waals surface area contributed by atoms with Gasteiger partial charge in [0.2, 0.25) is 5.88 Å². The average molecular weight is 402 g/mol. The maximum atomic E-state index is 12.9. The van der Waals surface area contributed by atoms with E-state index < -0.39 is 11.7 Å². The number of aromatic amines is 1. The van der Waals surface area contributed by atoms with Gasteiger partial charge < -0.3 is 4.74 Å². The van der Waals surface area contributed by atoms with Gasteiger partial charge >= 0.3 is 6.18 Å². The number of aryl methyl sites for hydroxylation is 1. The number of fused-ring (bicyclic) bond motifs is 1. The van der Waals surface area contributed by atoms with Crippen molar-refractivity contribution in [2.45, 2.75) is 26.1 Å². The Balaban J connectivity index is 1.88. The van der Waals surface area contributed by atoms with Crippen LogP contribution in [0.15, 0.2) is 36.7 Å². The summed E-state index contributed by atoms with van der Waals surface area (Å²) >= 11 is 0. The van der Waals surface area contributed by atoms with E-state index in [2.05, 4.69) is 25.3 Å². The topological polar surface area (TPSA) is 81.5 Å². The van der Waals surface area contributed by atoms with Crippen molar-refractivity contribution in [3.8, 4) is 17.1 Å². The van der Waals surface area contributed by atoms with Gasteiger partial charge in [-0.25, -0.2) is 9.67 Å². The Labute approximate surface area is 163 Å². The Morgan fingerprint density at radius 1 is 1.14 bits per heavy atom. The van der Waals surface area contributed by atoms with Crippen LogP contribution < -0.4 is 4.74 Å². The van der Waals surface area contributed by atoms with E-state index in [0.29, 0.717) is 34.0 Å². The Bertz CT molecular complexity index is 1150. The van der Waals surface area contributed by atoms with E-state index in [0.717, 1.165) is 17.7 Å². The van der Waals surface area contributed by atoms with Gasteiger partial charge in [0.15, 0.2) is 5.65 Å². The summed E-state index contributed by atoms with van der Waals surface area (Å²) in [7, 11) is 1.51. The Morgan fingerprint density at radius 3 is 2.45 bits per heavy atom. The number of aromatic nitrogens is 6. The Hall–Kier alpha value is -3.43. The molecule has 150 valence electrons. The molecule has 3 heterocycles. The summed E-state index contributed by atoms with van der Waals surface area (Å²) < 4.78 is 45.8. The molecule has 0 saturated carbocycles. The number of rotatable bonds is 4. The van der Waals surface area contributed by atoms with Gasteiger partial charge in [0, 0.05) is 11.8 Å². The largest absolute Gasteiger partial charge is 0.480 e. The number of halogens is 3. The zero-order valence-electron chi connectivity index (χ0n) is 15.8. The SMILES string of the molecule is COc1nc(C)nc2c1c(-c1cn[nH]c1)nn2C(C)c1ccc(C(F)(F)F)cc1. The van der Waals surface area contributed by atoms with Crippen LogP contribution in [0.3, 0.4) is 0 Å². The van der Waals surface area contributed by atoms with Crippen LogP contribution in [-0.4, -0.2) is 37.1 Å². The number of ether oxygens (including phenoxy) is 1. The molecular weight excluding hydrogens is 385 g/mol. The molecule has 0 fully saturated rings. The highest BCUT2D eigenvalue weighted by molar-refractivity contribution is 5.95. The minimum absolute atomic E-state index is 0.370. The molecule has 1 N–H and O–H groups in total. The molecule has 0 radical (unpaired) electrons. The first kappa shape index (κ1) is 18.9. The molecule has 29 heavy (non-hydrogen) atoms. The summed E-state index contributed by atoms with van der Waals surface area (Å²) in [5.41, 5.74) is 1.79. The highest BCUT2D eigenvalue weighted by Gasteiger charge is 2.30. The number of hydrogen-bond acceptors (Lipinski definition) is 5. The van der Waals surface area contributed by atoms with E-state index in [4.69, 9.17) is 4.74 Å². The number of nitrogens with one attached hydrogen (secondary N) is 1. The predicted octanol–water partition coefficient (Wildman–Crippen LogP) is 4.16. The first-order valence-electron chi connectivity index (χ1n) is 8.76. The van der Waals surface area contributed by atoms with Gasteiger partial charge in [-0.2, -0.15) is 28.4 Å². The van der Waals surface area contributed by atoms with Crippen LogP contribution in [0.2, 0.25) is 0 Å².